The molecule has 0 radical (unpaired) electrons. The molecule has 1 fully saturated rings. The Morgan fingerprint density at radius 2 is 1.83 bits per heavy atom. The molecule has 12 heavy (non-hydrogen) atoms. The number of aliphatic hydroxyl groups is 4. The van der Waals surface area contributed by atoms with E-state index in [4.69, 9.17) is 20.4 Å². The summed E-state index contributed by atoms with van der Waals surface area (Å²) >= 11 is 0. The molecule has 0 aliphatic carbocycles. The molecule has 0 spiro atoms. The molecule has 1 heterocycles. The van der Waals surface area contributed by atoms with E-state index in [1.54, 1.807) is 0 Å². The van der Waals surface area contributed by atoms with Crippen LogP contribution >= 0.6 is 0 Å². The number of esters is 1. The first kappa shape index (κ1) is 9.40. The molecule has 1 saturated heterocycles. The molecule has 1 rings (SSSR count). The zero-order valence-electron chi connectivity index (χ0n) is 6.12. The third-order valence-corrected chi connectivity index (χ3v) is 1.74. The molecular weight excluding hydrogens is 168 g/mol. The molecular formula is C6H10O6. The second kappa shape index (κ2) is 3.36. The van der Waals surface area contributed by atoms with Crippen molar-refractivity contribution in [3.63, 3.8) is 0 Å². The Labute approximate surface area is 68.0 Å². The fraction of sp³-hybridized carbons (Fsp3) is 0.833. The Kier molecular flexibility index (Phi) is 2.63. The average molecular weight is 178 g/mol. The van der Waals surface area contributed by atoms with Gasteiger partial charge in [-0.25, -0.2) is 4.79 Å². The zero-order chi connectivity index (χ0) is 9.30. The molecule has 0 bridgehead atoms. The normalized spacial score (nSPS) is 42.5. The van der Waals surface area contributed by atoms with E-state index in [0.29, 0.717) is 0 Å². The molecule has 1 aliphatic heterocycles. The van der Waals surface area contributed by atoms with E-state index in [9.17, 15) is 4.79 Å². The predicted octanol–water partition coefficient (Wildman–Crippen LogP) is -3.01. The highest BCUT2D eigenvalue weighted by atomic mass is 16.6. The average Bonchev–Trinajstić information content (AvgIpc) is 2.08. The predicted molar refractivity (Wildman–Crippen MR) is 35.0 cm³/mol. The molecule has 6 nitrogen and oxygen atoms in total. The Morgan fingerprint density at radius 3 is 2.33 bits per heavy atom. The standard InChI is InChI=1S/C6H10O6/c7-1-2-3(8)4(9)5(10)6(11)12-2/h2-5,7-10H,1H2/t2-,3-,4?,5-/m1/s1. The quantitative estimate of drug-likeness (QED) is 0.318. The Hall–Kier alpha value is -0.690. The summed E-state index contributed by atoms with van der Waals surface area (Å²) in [6, 6.07) is 0. The van der Waals surface area contributed by atoms with Gasteiger partial charge in [0.15, 0.2) is 12.2 Å². The second-order valence-electron chi connectivity index (χ2n) is 2.58. The van der Waals surface area contributed by atoms with Crippen LogP contribution in [0.4, 0.5) is 0 Å². The van der Waals surface area contributed by atoms with Crippen molar-refractivity contribution in [3.8, 4) is 0 Å². The third-order valence-electron chi connectivity index (χ3n) is 1.74. The minimum Gasteiger partial charge on any atom is -0.455 e. The molecule has 0 saturated carbocycles. The highest BCUT2D eigenvalue weighted by molar-refractivity contribution is 5.76. The van der Waals surface area contributed by atoms with Gasteiger partial charge in [0.05, 0.1) is 6.61 Å². The molecule has 70 valence electrons. The number of aliphatic hydroxyl groups excluding tert-OH is 4. The monoisotopic (exact) mass is 178 g/mol. The molecule has 1 aliphatic rings. The SMILES string of the molecule is O=C1O[C@H](CO)[C@@H](O)C(O)[C@H]1O. The molecule has 0 aromatic heterocycles. The topological polar surface area (TPSA) is 107 Å². The summed E-state index contributed by atoms with van der Waals surface area (Å²) in [5.74, 6) is -1.04. The minimum absolute atomic E-state index is 0.587. The first-order valence-corrected chi connectivity index (χ1v) is 3.43. The van der Waals surface area contributed by atoms with E-state index in [0.717, 1.165) is 0 Å². The highest BCUT2D eigenvalue weighted by Gasteiger charge is 2.43. The van der Waals surface area contributed by atoms with E-state index in [1.807, 2.05) is 0 Å². The number of hydrogen-bond donors (Lipinski definition) is 4. The van der Waals surface area contributed by atoms with Gasteiger partial charge in [0.25, 0.3) is 0 Å². The van der Waals surface area contributed by atoms with Crippen molar-refractivity contribution in [3.05, 3.63) is 0 Å². The summed E-state index contributed by atoms with van der Waals surface area (Å²) in [5.41, 5.74) is 0. The second-order valence-corrected chi connectivity index (χ2v) is 2.58. The van der Waals surface area contributed by atoms with E-state index < -0.39 is 37.0 Å². The fourth-order valence-corrected chi connectivity index (χ4v) is 0.980. The molecule has 0 amide bonds. The lowest BCUT2D eigenvalue weighted by molar-refractivity contribution is -0.206. The van der Waals surface area contributed by atoms with E-state index in [1.165, 1.54) is 0 Å². The number of rotatable bonds is 1. The van der Waals surface area contributed by atoms with Gasteiger partial charge in [0.1, 0.15) is 12.2 Å². The maximum Gasteiger partial charge on any atom is 0.338 e. The summed E-state index contributed by atoms with van der Waals surface area (Å²) in [4.78, 5) is 10.7. The van der Waals surface area contributed by atoms with Gasteiger partial charge in [-0.05, 0) is 0 Å². The van der Waals surface area contributed by atoms with Gasteiger partial charge in [-0.3, -0.25) is 0 Å². The number of cyclic esters (lactones) is 1. The Balaban J connectivity index is 2.70. The number of carbonyl (C=O) groups is 1. The van der Waals surface area contributed by atoms with Crippen LogP contribution in [-0.4, -0.2) is 57.4 Å². The summed E-state index contributed by atoms with van der Waals surface area (Å²) in [7, 11) is 0. The lowest BCUT2D eigenvalue weighted by atomic mass is 10.0. The number of hydrogen-bond acceptors (Lipinski definition) is 6. The van der Waals surface area contributed by atoms with E-state index in [-0.39, 0.29) is 0 Å². The van der Waals surface area contributed by atoms with Gasteiger partial charge in [-0.2, -0.15) is 0 Å². The lowest BCUT2D eigenvalue weighted by Gasteiger charge is -2.32. The van der Waals surface area contributed by atoms with Gasteiger partial charge in [0, 0.05) is 0 Å². The number of carbonyl (C=O) groups excluding carboxylic acids is 1. The van der Waals surface area contributed by atoms with Crippen molar-refractivity contribution >= 4 is 5.97 Å². The van der Waals surface area contributed by atoms with Crippen LogP contribution in [0.1, 0.15) is 0 Å². The van der Waals surface area contributed by atoms with E-state index >= 15 is 0 Å². The largest absolute Gasteiger partial charge is 0.455 e. The van der Waals surface area contributed by atoms with Gasteiger partial charge in [0.2, 0.25) is 0 Å². The summed E-state index contributed by atoms with van der Waals surface area (Å²) in [6.07, 6.45) is -5.93. The minimum atomic E-state index is -1.73. The van der Waals surface area contributed by atoms with Crippen LogP contribution in [0.2, 0.25) is 0 Å². The van der Waals surface area contributed by atoms with Crippen LogP contribution in [0.5, 0.6) is 0 Å². The van der Waals surface area contributed by atoms with Gasteiger partial charge < -0.3 is 25.2 Å². The smallest absolute Gasteiger partial charge is 0.338 e. The van der Waals surface area contributed by atoms with Gasteiger partial charge >= 0.3 is 5.97 Å². The Bertz CT molecular complexity index is 179. The fourth-order valence-electron chi connectivity index (χ4n) is 0.980. The summed E-state index contributed by atoms with van der Waals surface area (Å²) in [5, 5.41) is 35.5. The maximum atomic E-state index is 10.7. The summed E-state index contributed by atoms with van der Waals surface area (Å²) in [6.45, 7) is -0.587. The molecule has 0 aromatic rings. The molecule has 0 aromatic carbocycles. The maximum absolute atomic E-state index is 10.7. The van der Waals surface area contributed by atoms with Crippen molar-refractivity contribution in [2.45, 2.75) is 24.4 Å². The molecule has 4 atom stereocenters. The lowest BCUT2D eigenvalue weighted by Crippen LogP contribution is -2.56. The first-order chi connectivity index (χ1) is 5.57. The van der Waals surface area contributed by atoms with Crippen molar-refractivity contribution in [1.82, 2.24) is 0 Å². The van der Waals surface area contributed by atoms with Crippen LogP contribution in [0, 0.1) is 0 Å². The van der Waals surface area contributed by atoms with E-state index in [2.05, 4.69) is 4.74 Å². The highest BCUT2D eigenvalue weighted by Crippen LogP contribution is 2.15. The Morgan fingerprint density at radius 1 is 1.25 bits per heavy atom. The van der Waals surface area contributed by atoms with Crippen LogP contribution in [0.25, 0.3) is 0 Å². The van der Waals surface area contributed by atoms with Crippen LogP contribution < -0.4 is 0 Å². The zero-order valence-corrected chi connectivity index (χ0v) is 6.12. The van der Waals surface area contributed by atoms with Crippen LogP contribution in [0.3, 0.4) is 0 Å². The van der Waals surface area contributed by atoms with Crippen molar-refractivity contribution in [1.29, 1.82) is 0 Å². The number of ether oxygens (including phenoxy) is 1. The van der Waals surface area contributed by atoms with Crippen molar-refractivity contribution in [2.75, 3.05) is 6.61 Å². The van der Waals surface area contributed by atoms with Gasteiger partial charge in [-0.15, -0.1) is 0 Å². The first-order valence-electron chi connectivity index (χ1n) is 3.43. The van der Waals surface area contributed by atoms with Gasteiger partial charge in [-0.1, -0.05) is 0 Å². The molecule has 4 N–H and O–H groups in total. The third kappa shape index (κ3) is 1.42. The van der Waals surface area contributed by atoms with Crippen molar-refractivity contribution in [2.24, 2.45) is 0 Å². The molecule has 6 heteroatoms. The van der Waals surface area contributed by atoms with Crippen LogP contribution in [-0.2, 0) is 9.53 Å². The molecule has 1 unspecified atom stereocenters. The van der Waals surface area contributed by atoms with Crippen molar-refractivity contribution < 1.29 is 30.0 Å². The van der Waals surface area contributed by atoms with Crippen LogP contribution in [0.15, 0.2) is 0 Å². The summed E-state index contributed by atoms with van der Waals surface area (Å²) < 4.78 is 4.38.